The van der Waals surface area contributed by atoms with E-state index in [-0.39, 0.29) is 12.4 Å². The van der Waals surface area contributed by atoms with Crippen LogP contribution in [0.4, 0.5) is 0 Å². The van der Waals surface area contributed by atoms with Crippen molar-refractivity contribution in [1.29, 1.82) is 0 Å². The fraction of sp³-hybridized carbons (Fsp3) is 0.571. The van der Waals surface area contributed by atoms with Crippen LogP contribution >= 0.6 is 12.4 Å². The number of rotatable bonds is 7. The fourth-order valence-electron chi connectivity index (χ4n) is 1.55. The Labute approximate surface area is 111 Å². The number of nitrogens with one attached hydrogen (secondary N) is 1. The van der Waals surface area contributed by atoms with E-state index in [0.29, 0.717) is 5.92 Å². The van der Waals surface area contributed by atoms with Crippen LogP contribution in [0.15, 0.2) is 24.3 Å². The maximum absolute atomic E-state index is 5.61. The van der Waals surface area contributed by atoms with Crippen molar-refractivity contribution in [1.82, 2.24) is 5.32 Å². The molecule has 0 spiro atoms. The zero-order valence-electron chi connectivity index (χ0n) is 11.0. The first-order valence-electron chi connectivity index (χ1n) is 6.21. The van der Waals surface area contributed by atoms with E-state index in [9.17, 15) is 0 Å². The van der Waals surface area contributed by atoms with E-state index in [4.69, 9.17) is 4.74 Å². The first-order chi connectivity index (χ1) is 7.77. The lowest BCUT2D eigenvalue weighted by Crippen LogP contribution is -2.20. The van der Waals surface area contributed by atoms with Gasteiger partial charge in [-0.05, 0) is 36.6 Å². The van der Waals surface area contributed by atoms with Gasteiger partial charge in [0.05, 0.1) is 0 Å². The molecule has 0 fully saturated rings. The molecule has 0 aromatic heterocycles. The molecular weight excluding hydrogens is 234 g/mol. The molecule has 0 saturated carbocycles. The molecule has 0 aliphatic heterocycles. The maximum atomic E-state index is 5.61. The third-order valence-electron chi connectivity index (χ3n) is 2.86. The molecule has 1 N–H and O–H groups in total. The Kier molecular flexibility index (Phi) is 8.92. The summed E-state index contributed by atoms with van der Waals surface area (Å²) in [5.41, 5.74) is 1.39. The molecule has 1 rings (SSSR count). The van der Waals surface area contributed by atoms with Gasteiger partial charge in [-0.1, -0.05) is 32.9 Å². The van der Waals surface area contributed by atoms with Crippen molar-refractivity contribution in [3.63, 3.8) is 0 Å². The summed E-state index contributed by atoms with van der Waals surface area (Å²) in [6.07, 6.45) is 1.18. The lowest BCUT2D eigenvalue weighted by molar-refractivity contribution is 0.315. The number of hydrogen-bond donors (Lipinski definition) is 1. The number of likely N-dealkylation sites (N-methyl/N-ethyl adjacent to an activating group) is 1. The normalized spacial score (nSPS) is 11.7. The Hall–Kier alpha value is -0.730. The summed E-state index contributed by atoms with van der Waals surface area (Å²) >= 11 is 0. The molecule has 1 unspecified atom stereocenters. The van der Waals surface area contributed by atoms with Gasteiger partial charge in [0.15, 0.2) is 0 Å². The SMILES string of the molecule is CCNCCOc1ccc(C(C)CC)cc1.Cl. The third kappa shape index (κ3) is 5.94. The minimum absolute atomic E-state index is 0. The van der Waals surface area contributed by atoms with E-state index >= 15 is 0 Å². The summed E-state index contributed by atoms with van der Waals surface area (Å²) in [5.74, 6) is 1.60. The Balaban J connectivity index is 0.00000256. The lowest BCUT2D eigenvalue weighted by atomic mass is 9.99. The minimum Gasteiger partial charge on any atom is -0.492 e. The van der Waals surface area contributed by atoms with Gasteiger partial charge < -0.3 is 10.1 Å². The monoisotopic (exact) mass is 257 g/mol. The topological polar surface area (TPSA) is 21.3 Å². The van der Waals surface area contributed by atoms with Crippen molar-refractivity contribution in [3.8, 4) is 5.75 Å². The molecule has 17 heavy (non-hydrogen) atoms. The molecule has 98 valence electrons. The molecule has 3 heteroatoms. The van der Waals surface area contributed by atoms with E-state index < -0.39 is 0 Å². The second-order valence-electron chi connectivity index (χ2n) is 4.08. The predicted octanol–water partition coefficient (Wildman–Crippen LogP) is 3.61. The van der Waals surface area contributed by atoms with Gasteiger partial charge in [0, 0.05) is 6.54 Å². The molecule has 2 nitrogen and oxygen atoms in total. The van der Waals surface area contributed by atoms with Gasteiger partial charge >= 0.3 is 0 Å². The maximum Gasteiger partial charge on any atom is 0.119 e. The predicted molar refractivity (Wildman–Crippen MR) is 76.4 cm³/mol. The highest BCUT2D eigenvalue weighted by Gasteiger charge is 2.02. The van der Waals surface area contributed by atoms with Crippen molar-refractivity contribution in [2.75, 3.05) is 19.7 Å². The molecule has 0 aliphatic rings. The summed E-state index contributed by atoms with van der Waals surface area (Å²) in [6, 6.07) is 8.45. The zero-order chi connectivity index (χ0) is 11.8. The van der Waals surface area contributed by atoms with Crippen LogP contribution in [0.1, 0.15) is 38.7 Å². The van der Waals surface area contributed by atoms with E-state index in [0.717, 1.165) is 25.4 Å². The van der Waals surface area contributed by atoms with Crippen LogP contribution in [0, 0.1) is 0 Å². The van der Waals surface area contributed by atoms with Gasteiger partial charge in [-0.2, -0.15) is 0 Å². The molecule has 1 atom stereocenters. The number of ether oxygens (including phenoxy) is 1. The third-order valence-corrected chi connectivity index (χ3v) is 2.86. The molecular formula is C14H24ClNO. The standard InChI is InChI=1S/C14H23NO.ClH/c1-4-12(3)13-6-8-14(9-7-13)16-11-10-15-5-2;/h6-9,12,15H,4-5,10-11H2,1-3H3;1H. The van der Waals surface area contributed by atoms with Crippen LogP contribution in [0.5, 0.6) is 5.75 Å². The van der Waals surface area contributed by atoms with Gasteiger partial charge in [-0.15, -0.1) is 12.4 Å². The van der Waals surface area contributed by atoms with Crippen molar-refractivity contribution < 1.29 is 4.74 Å². The Morgan fingerprint density at radius 3 is 2.35 bits per heavy atom. The highest BCUT2D eigenvalue weighted by atomic mass is 35.5. The Morgan fingerprint density at radius 1 is 1.18 bits per heavy atom. The molecule has 0 heterocycles. The van der Waals surface area contributed by atoms with Crippen LogP contribution in [0.25, 0.3) is 0 Å². The molecule has 1 aromatic carbocycles. The summed E-state index contributed by atoms with van der Waals surface area (Å²) in [4.78, 5) is 0. The van der Waals surface area contributed by atoms with Crippen LogP contribution in [-0.4, -0.2) is 19.7 Å². The smallest absolute Gasteiger partial charge is 0.119 e. The van der Waals surface area contributed by atoms with Crippen LogP contribution < -0.4 is 10.1 Å². The highest BCUT2D eigenvalue weighted by Crippen LogP contribution is 2.21. The molecule has 0 radical (unpaired) electrons. The molecule has 0 aliphatic carbocycles. The average molecular weight is 258 g/mol. The van der Waals surface area contributed by atoms with Crippen molar-refractivity contribution in [2.24, 2.45) is 0 Å². The lowest BCUT2D eigenvalue weighted by Gasteiger charge is -2.10. The van der Waals surface area contributed by atoms with Crippen molar-refractivity contribution in [2.45, 2.75) is 33.1 Å². The molecule has 0 saturated heterocycles. The summed E-state index contributed by atoms with van der Waals surface area (Å²) in [5, 5.41) is 3.23. The second kappa shape index (κ2) is 9.32. The van der Waals surface area contributed by atoms with Crippen molar-refractivity contribution >= 4 is 12.4 Å². The van der Waals surface area contributed by atoms with E-state index in [1.54, 1.807) is 0 Å². The largest absolute Gasteiger partial charge is 0.492 e. The van der Waals surface area contributed by atoms with E-state index in [1.807, 2.05) is 0 Å². The van der Waals surface area contributed by atoms with Gasteiger partial charge in [-0.3, -0.25) is 0 Å². The van der Waals surface area contributed by atoms with E-state index in [2.05, 4.69) is 50.4 Å². The summed E-state index contributed by atoms with van der Waals surface area (Å²) < 4.78 is 5.61. The number of halogens is 1. The highest BCUT2D eigenvalue weighted by molar-refractivity contribution is 5.85. The van der Waals surface area contributed by atoms with Gasteiger partial charge in [0.2, 0.25) is 0 Å². The van der Waals surface area contributed by atoms with Gasteiger partial charge in [0.25, 0.3) is 0 Å². The molecule has 0 amide bonds. The quantitative estimate of drug-likeness (QED) is 0.754. The fourth-order valence-corrected chi connectivity index (χ4v) is 1.55. The molecule has 0 bridgehead atoms. The zero-order valence-corrected chi connectivity index (χ0v) is 11.8. The first kappa shape index (κ1) is 16.3. The number of hydrogen-bond acceptors (Lipinski definition) is 2. The van der Waals surface area contributed by atoms with E-state index in [1.165, 1.54) is 12.0 Å². The average Bonchev–Trinajstić information content (AvgIpc) is 2.34. The van der Waals surface area contributed by atoms with Crippen LogP contribution in [0.2, 0.25) is 0 Å². The second-order valence-corrected chi connectivity index (χ2v) is 4.08. The Morgan fingerprint density at radius 2 is 1.82 bits per heavy atom. The van der Waals surface area contributed by atoms with Gasteiger partial charge in [0.1, 0.15) is 12.4 Å². The Bertz CT molecular complexity index is 287. The first-order valence-corrected chi connectivity index (χ1v) is 6.21. The molecule has 1 aromatic rings. The van der Waals surface area contributed by atoms with Gasteiger partial charge in [-0.25, -0.2) is 0 Å². The minimum atomic E-state index is 0. The van der Waals surface area contributed by atoms with Crippen LogP contribution in [0.3, 0.4) is 0 Å². The van der Waals surface area contributed by atoms with Crippen molar-refractivity contribution in [3.05, 3.63) is 29.8 Å². The van der Waals surface area contributed by atoms with Crippen LogP contribution in [-0.2, 0) is 0 Å². The summed E-state index contributed by atoms with van der Waals surface area (Å²) in [6.45, 7) is 9.20. The number of benzene rings is 1. The summed E-state index contributed by atoms with van der Waals surface area (Å²) in [7, 11) is 0.